The Morgan fingerprint density at radius 1 is 1.08 bits per heavy atom. The molecule has 0 amide bonds. The van der Waals surface area contributed by atoms with Crippen LogP contribution in [-0.2, 0) is 11.2 Å². The van der Waals surface area contributed by atoms with Gasteiger partial charge in [-0.1, -0.05) is 0 Å². The van der Waals surface area contributed by atoms with Crippen molar-refractivity contribution in [3.05, 3.63) is 23.3 Å². The van der Waals surface area contributed by atoms with E-state index in [1.165, 1.54) is 11.1 Å². The lowest BCUT2D eigenvalue weighted by molar-refractivity contribution is 0.690. The molecule has 64 valence electrons. The van der Waals surface area contributed by atoms with Gasteiger partial charge in [-0.15, -0.1) is 0 Å². The van der Waals surface area contributed by atoms with E-state index in [-0.39, 0.29) is 0 Å². The molecule has 1 aliphatic rings. The highest BCUT2D eigenvalue weighted by Gasteiger charge is 2.15. The minimum absolute atomic E-state index is 0.927. The highest BCUT2D eigenvalue weighted by atomic mass is 32.2. The number of benzene rings is 1. The van der Waals surface area contributed by atoms with Gasteiger partial charge in [0, 0.05) is 0 Å². The molecule has 3 nitrogen and oxygen atoms in total. The van der Waals surface area contributed by atoms with E-state index < -0.39 is 11.2 Å². The molecule has 2 rings (SSSR count). The van der Waals surface area contributed by atoms with E-state index >= 15 is 0 Å². The van der Waals surface area contributed by atoms with Gasteiger partial charge in [0.15, 0.2) is 0 Å². The van der Waals surface area contributed by atoms with E-state index in [1.807, 2.05) is 26.0 Å². The molecule has 4 heteroatoms. The van der Waals surface area contributed by atoms with Crippen LogP contribution >= 0.6 is 0 Å². The van der Waals surface area contributed by atoms with Crippen molar-refractivity contribution in [3.8, 4) is 0 Å². The summed E-state index contributed by atoms with van der Waals surface area (Å²) in [6.45, 7) is 4.08. The maximum Gasteiger partial charge on any atom is 0.220 e. The van der Waals surface area contributed by atoms with Crippen LogP contribution in [0.1, 0.15) is 11.1 Å². The Balaban J connectivity index is 2.55. The Labute approximate surface area is 73.9 Å². The summed E-state index contributed by atoms with van der Waals surface area (Å²) in [6.07, 6.45) is 0. The van der Waals surface area contributed by atoms with Gasteiger partial charge in [0.25, 0.3) is 0 Å². The zero-order chi connectivity index (χ0) is 8.72. The highest BCUT2D eigenvalue weighted by Crippen LogP contribution is 2.30. The van der Waals surface area contributed by atoms with E-state index in [4.69, 9.17) is 0 Å². The number of hydrogen-bond donors (Lipinski definition) is 2. The molecule has 1 aliphatic heterocycles. The Kier molecular flexibility index (Phi) is 1.58. The second kappa shape index (κ2) is 2.48. The third kappa shape index (κ3) is 1.08. The van der Waals surface area contributed by atoms with Gasteiger partial charge in [-0.2, -0.15) is 0 Å². The minimum atomic E-state index is -1.14. The number of hydrogen-bond acceptors (Lipinski definition) is 1. The Morgan fingerprint density at radius 2 is 1.50 bits per heavy atom. The van der Waals surface area contributed by atoms with E-state index in [1.54, 1.807) is 0 Å². The van der Waals surface area contributed by atoms with E-state index in [2.05, 4.69) is 9.44 Å². The summed E-state index contributed by atoms with van der Waals surface area (Å²) in [4.78, 5) is 0. The molecule has 0 bridgehead atoms. The van der Waals surface area contributed by atoms with E-state index in [0.717, 1.165) is 11.4 Å². The zero-order valence-electron chi connectivity index (χ0n) is 6.97. The zero-order valence-corrected chi connectivity index (χ0v) is 7.79. The third-order valence-corrected chi connectivity index (χ3v) is 2.85. The SMILES string of the molecule is Cc1cc2c(cc1C)NS(=O)N2. The van der Waals surface area contributed by atoms with Crippen molar-refractivity contribution in [2.45, 2.75) is 13.8 Å². The summed E-state index contributed by atoms with van der Waals surface area (Å²) in [7, 11) is 0. The first-order valence-electron chi connectivity index (χ1n) is 3.73. The number of fused-ring (bicyclic) bond motifs is 1. The quantitative estimate of drug-likeness (QED) is 0.630. The fraction of sp³-hybridized carbons (Fsp3) is 0.250. The minimum Gasteiger partial charge on any atom is -0.286 e. The molecule has 0 unspecified atom stereocenters. The van der Waals surface area contributed by atoms with Crippen LogP contribution in [0.3, 0.4) is 0 Å². The van der Waals surface area contributed by atoms with Gasteiger partial charge in [-0.3, -0.25) is 9.44 Å². The molecule has 0 aliphatic carbocycles. The lowest BCUT2D eigenvalue weighted by Crippen LogP contribution is -2.02. The number of anilines is 2. The highest BCUT2D eigenvalue weighted by molar-refractivity contribution is 7.88. The molecule has 0 spiro atoms. The van der Waals surface area contributed by atoms with Crippen LogP contribution in [0.4, 0.5) is 11.4 Å². The predicted octanol–water partition coefficient (Wildman–Crippen LogP) is 1.72. The average Bonchev–Trinajstić information content (AvgIpc) is 2.30. The summed E-state index contributed by atoms with van der Waals surface area (Å²) >= 11 is -1.14. The van der Waals surface area contributed by atoms with Gasteiger partial charge < -0.3 is 0 Å². The van der Waals surface area contributed by atoms with Gasteiger partial charge in [-0.05, 0) is 37.1 Å². The van der Waals surface area contributed by atoms with Crippen molar-refractivity contribution in [1.82, 2.24) is 0 Å². The number of aryl methyl sites for hydroxylation is 2. The van der Waals surface area contributed by atoms with E-state index in [0.29, 0.717) is 0 Å². The Hall–Kier alpha value is -1.03. The third-order valence-electron chi connectivity index (χ3n) is 2.04. The molecule has 1 aromatic carbocycles. The average molecular weight is 182 g/mol. The summed E-state index contributed by atoms with van der Waals surface area (Å²) in [5, 5.41) is 0. The van der Waals surface area contributed by atoms with Gasteiger partial charge in [0.05, 0.1) is 11.4 Å². The van der Waals surface area contributed by atoms with E-state index in [9.17, 15) is 4.21 Å². The van der Waals surface area contributed by atoms with Crippen LogP contribution in [0.15, 0.2) is 12.1 Å². The standard InChI is InChI=1S/C8H10N2OS/c1-5-3-7-8(4-6(5)2)10-12(11)9-7/h3-4,9-10H,1-2H3. The van der Waals surface area contributed by atoms with Crippen molar-refractivity contribution in [2.75, 3.05) is 9.44 Å². The maximum absolute atomic E-state index is 11.0. The first-order chi connectivity index (χ1) is 5.66. The summed E-state index contributed by atoms with van der Waals surface area (Å²) in [6, 6.07) is 4.01. The van der Waals surface area contributed by atoms with Crippen LogP contribution in [0.25, 0.3) is 0 Å². The van der Waals surface area contributed by atoms with Crippen LogP contribution in [-0.4, -0.2) is 4.21 Å². The molecule has 0 aromatic heterocycles. The number of rotatable bonds is 0. The molecule has 0 atom stereocenters. The van der Waals surface area contributed by atoms with Crippen molar-refractivity contribution >= 4 is 22.5 Å². The molecule has 0 radical (unpaired) electrons. The second-order valence-corrected chi connectivity index (χ2v) is 3.90. The molecule has 1 heterocycles. The molecule has 0 saturated carbocycles. The van der Waals surface area contributed by atoms with Crippen molar-refractivity contribution < 1.29 is 4.21 Å². The molecular formula is C8H10N2OS. The van der Waals surface area contributed by atoms with Gasteiger partial charge in [0.1, 0.15) is 0 Å². The monoisotopic (exact) mass is 182 g/mol. The van der Waals surface area contributed by atoms with Crippen LogP contribution in [0.5, 0.6) is 0 Å². The molecule has 12 heavy (non-hydrogen) atoms. The summed E-state index contributed by atoms with van der Waals surface area (Å²) < 4.78 is 16.7. The van der Waals surface area contributed by atoms with Crippen molar-refractivity contribution in [2.24, 2.45) is 0 Å². The fourth-order valence-corrected chi connectivity index (χ4v) is 2.00. The van der Waals surface area contributed by atoms with Crippen molar-refractivity contribution in [3.63, 3.8) is 0 Å². The lowest BCUT2D eigenvalue weighted by atomic mass is 10.1. The normalized spacial score (nSPS) is 15.2. The van der Waals surface area contributed by atoms with Gasteiger partial charge in [0.2, 0.25) is 11.2 Å². The molecule has 2 N–H and O–H groups in total. The number of nitrogens with one attached hydrogen (secondary N) is 2. The maximum atomic E-state index is 11.0. The first kappa shape index (κ1) is 7.61. The predicted molar refractivity (Wildman–Crippen MR) is 51.3 cm³/mol. The fourth-order valence-electron chi connectivity index (χ4n) is 1.21. The topological polar surface area (TPSA) is 41.1 Å². The molecular weight excluding hydrogens is 172 g/mol. The smallest absolute Gasteiger partial charge is 0.220 e. The second-order valence-electron chi connectivity index (χ2n) is 2.95. The van der Waals surface area contributed by atoms with Gasteiger partial charge >= 0.3 is 0 Å². The Morgan fingerprint density at radius 3 is 1.92 bits per heavy atom. The van der Waals surface area contributed by atoms with Crippen LogP contribution in [0, 0.1) is 13.8 Å². The van der Waals surface area contributed by atoms with Crippen LogP contribution < -0.4 is 9.44 Å². The van der Waals surface area contributed by atoms with Crippen LogP contribution in [0.2, 0.25) is 0 Å². The largest absolute Gasteiger partial charge is 0.286 e. The molecule has 0 fully saturated rings. The summed E-state index contributed by atoms with van der Waals surface area (Å²) in [5.41, 5.74) is 4.27. The summed E-state index contributed by atoms with van der Waals surface area (Å²) in [5.74, 6) is 0. The first-order valence-corrected chi connectivity index (χ1v) is 4.88. The van der Waals surface area contributed by atoms with Crippen molar-refractivity contribution in [1.29, 1.82) is 0 Å². The Bertz CT molecular complexity index is 329. The van der Waals surface area contributed by atoms with Gasteiger partial charge in [-0.25, -0.2) is 4.21 Å². The lowest BCUT2D eigenvalue weighted by Gasteiger charge is -2.02. The molecule has 0 saturated heterocycles. The molecule has 1 aromatic rings.